The molecule has 0 radical (unpaired) electrons. The lowest BCUT2D eigenvalue weighted by Crippen LogP contribution is -2.34. The lowest BCUT2D eigenvalue weighted by Gasteiger charge is -2.36. The van der Waals surface area contributed by atoms with Crippen LogP contribution in [0.5, 0.6) is 0 Å². The number of hydrogen-bond donors (Lipinski definition) is 0. The first kappa shape index (κ1) is 11.8. The van der Waals surface area contributed by atoms with Gasteiger partial charge in [-0.1, -0.05) is 33.3 Å². The Hall–Kier alpha value is -0.300. The number of hydrogen-bond acceptors (Lipinski definition) is 1. The van der Waals surface area contributed by atoms with E-state index in [9.17, 15) is 0 Å². The number of rotatable bonds is 4. The average Bonchev–Trinajstić information content (AvgIpc) is 2.14. The molecule has 0 aromatic heterocycles. The molecule has 1 fully saturated rings. The standard InChI is InChI=1S/C13H24O/c1-5-8-14-13-9-11(4)6-7-12(13)10(2)3/h5,10-13H,1,6-9H2,2-4H3/t11?,12-,13+/m0/s1. The van der Waals surface area contributed by atoms with Gasteiger partial charge in [0.05, 0.1) is 12.7 Å². The fraction of sp³-hybridized carbons (Fsp3) is 0.846. The van der Waals surface area contributed by atoms with E-state index < -0.39 is 0 Å². The van der Waals surface area contributed by atoms with Crippen LogP contribution in [0.2, 0.25) is 0 Å². The summed E-state index contributed by atoms with van der Waals surface area (Å²) >= 11 is 0. The average molecular weight is 196 g/mol. The van der Waals surface area contributed by atoms with Crippen LogP contribution in [-0.2, 0) is 4.74 Å². The Kier molecular flexibility index (Phi) is 4.67. The summed E-state index contributed by atoms with van der Waals surface area (Å²) in [4.78, 5) is 0. The first-order valence-corrected chi connectivity index (χ1v) is 5.87. The Bertz CT molecular complexity index is 174. The molecule has 1 unspecified atom stereocenters. The summed E-state index contributed by atoms with van der Waals surface area (Å²) in [6.45, 7) is 11.4. The van der Waals surface area contributed by atoms with Gasteiger partial charge in [-0.15, -0.1) is 6.58 Å². The van der Waals surface area contributed by atoms with E-state index in [0.29, 0.717) is 12.7 Å². The van der Waals surface area contributed by atoms with Gasteiger partial charge in [-0.3, -0.25) is 0 Å². The van der Waals surface area contributed by atoms with Crippen LogP contribution >= 0.6 is 0 Å². The summed E-state index contributed by atoms with van der Waals surface area (Å²) in [5.41, 5.74) is 0. The fourth-order valence-electron chi connectivity index (χ4n) is 2.50. The van der Waals surface area contributed by atoms with Crippen LogP contribution in [0.1, 0.15) is 40.0 Å². The highest BCUT2D eigenvalue weighted by molar-refractivity contribution is 4.82. The first-order chi connectivity index (χ1) is 6.65. The third kappa shape index (κ3) is 3.13. The van der Waals surface area contributed by atoms with Crippen molar-refractivity contribution in [1.82, 2.24) is 0 Å². The van der Waals surface area contributed by atoms with Crippen molar-refractivity contribution in [3.8, 4) is 0 Å². The quantitative estimate of drug-likeness (QED) is 0.624. The highest BCUT2D eigenvalue weighted by atomic mass is 16.5. The van der Waals surface area contributed by atoms with Gasteiger partial charge < -0.3 is 4.74 Å². The highest BCUT2D eigenvalue weighted by Crippen LogP contribution is 2.35. The van der Waals surface area contributed by atoms with Crippen molar-refractivity contribution >= 4 is 0 Å². The summed E-state index contributed by atoms with van der Waals surface area (Å²) in [5, 5.41) is 0. The van der Waals surface area contributed by atoms with Gasteiger partial charge in [0.15, 0.2) is 0 Å². The van der Waals surface area contributed by atoms with Gasteiger partial charge in [0.1, 0.15) is 0 Å². The van der Waals surface area contributed by atoms with E-state index in [1.165, 1.54) is 19.3 Å². The molecule has 3 atom stereocenters. The van der Waals surface area contributed by atoms with Crippen LogP contribution in [0.3, 0.4) is 0 Å². The Morgan fingerprint density at radius 3 is 2.71 bits per heavy atom. The lowest BCUT2D eigenvalue weighted by atomic mass is 9.75. The SMILES string of the molecule is C=CCO[C@@H]1CC(C)CC[C@H]1C(C)C. The van der Waals surface area contributed by atoms with Crippen molar-refractivity contribution < 1.29 is 4.74 Å². The molecule has 1 rings (SSSR count). The zero-order valence-electron chi connectivity index (χ0n) is 9.83. The van der Waals surface area contributed by atoms with Crippen LogP contribution in [-0.4, -0.2) is 12.7 Å². The third-order valence-corrected chi connectivity index (χ3v) is 3.39. The van der Waals surface area contributed by atoms with Crippen LogP contribution in [0.4, 0.5) is 0 Å². The van der Waals surface area contributed by atoms with Crippen LogP contribution in [0.25, 0.3) is 0 Å². The molecule has 1 nitrogen and oxygen atoms in total. The maximum Gasteiger partial charge on any atom is 0.0648 e. The molecular weight excluding hydrogens is 172 g/mol. The Morgan fingerprint density at radius 2 is 2.14 bits per heavy atom. The molecule has 0 aromatic carbocycles. The van der Waals surface area contributed by atoms with E-state index in [4.69, 9.17) is 4.74 Å². The van der Waals surface area contributed by atoms with Gasteiger partial charge in [-0.05, 0) is 30.6 Å². The summed E-state index contributed by atoms with van der Waals surface area (Å²) in [7, 11) is 0. The van der Waals surface area contributed by atoms with Crippen molar-refractivity contribution in [3.05, 3.63) is 12.7 Å². The van der Waals surface area contributed by atoms with Gasteiger partial charge in [-0.25, -0.2) is 0 Å². The van der Waals surface area contributed by atoms with Gasteiger partial charge in [0.25, 0.3) is 0 Å². The van der Waals surface area contributed by atoms with Crippen LogP contribution < -0.4 is 0 Å². The van der Waals surface area contributed by atoms with E-state index in [1.54, 1.807) is 0 Å². The molecule has 1 aliphatic carbocycles. The topological polar surface area (TPSA) is 9.23 Å². The van der Waals surface area contributed by atoms with Crippen LogP contribution in [0, 0.1) is 17.8 Å². The Labute approximate surface area is 88.5 Å². The van der Waals surface area contributed by atoms with E-state index in [0.717, 1.165) is 17.8 Å². The van der Waals surface area contributed by atoms with Crippen molar-refractivity contribution in [1.29, 1.82) is 0 Å². The largest absolute Gasteiger partial charge is 0.374 e. The molecule has 0 saturated heterocycles. The molecule has 0 spiro atoms. The minimum absolute atomic E-state index is 0.469. The van der Waals surface area contributed by atoms with Crippen LogP contribution in [0.15, 0.2) is 12.7 Å². The maximum absolute atomic E-state index is 5.86. The summed E-state index contributed by atoms with van der Waals surface area (Å²) in [5.74, 6) is 2.34. The summed E-state index contributed by atoms with van der Waals surface area (Å²) < 4.78 is 5.86. The molecule has 0 heterocycles. The normalized spacial score (nSPS) is 33.3. The smallest absolute Gasteiger partial charge is 0.0648 e. The second kappa shape index (κ2) is 5.55. The van der Waals surface area contributed by atoms with Crippen molar-refractivity contribution in [2.45, 2.75) is 46.1 Å². The second-order valence-corrected chi connectivity index (χ2v) is 4.99. The molecule has 82 valence electrons. The van der Waals surface area contributed by atoms with Gasteiger partial charge in [0, 0.05) is 0 Å². The second-order valence-electron chi connectivity index (χ2n) is 4.99. The molecule has 0 bridgehead atoms. The van der Waals surface area contributed by atoms with Gasteiger partial charge in [-0.2, -0.15) is 0 Å². The Morgan fingerprint density at radius 1 is 1.43 bits per heavy atom. The zero-order valence-corrected chi connectivity index (χ0v) is 9.83. The summed E-state index contributed by atoms with van der Waals surface area (Å²) in [6, 6.07) is 0. The van der Waals surface area contributed by atoms with Crippen molar-refractivity contribution in [2.75, 3.05) is 6.61 Å². The molecule has 1 heteroatoms. The van der Waals surface area contributed by atoms with Gasteiger partial charge in [0.2, 0.25) is 0 Å². The molecule has 1 saturated carbocycles. The maximum atomic E-state index is 5.86. The molecule has 0 amide bonds. The number of ether oxygens (including phenoxy) is 1. The van der Waals surface area contributed by atoms with E-state index >= 15 is 0 Å². The third-order valence-electron chi connectivity index (χ3n) is 3.39. The predicted octanol–water partition coefficient (Wildman–Crippen LogP) is 3.65. The van der Waals surface area contributed by atoms with Crippen molar-refractivity contribution in [2.24, 2.45) is 17.8 Å². The van der Waals surface area contributed by atoms with E-state index in [1.807, 2.05) is 6.08 Å². The van der Waals surface area contributed by atoms with E-state index in [-0.39, 0.29) is 0 Å². The fourth-order valence-corrected chi connectivity index (χ4v) is 2.50. The zero-order chi connectivity index (χ0) is 10.6. The highest BCUT2D eigenvalue weighted by Gasteiger charge is 2.30. The monoisotopic (exact) mass is 196 g/mol. The molecule has 1 aliphatic rings. The minimum Gasteiger partial charge on any atom is -0.374 e. The van der Waals surface area contributed by atoms with E-state index in [2.05, 4.69) is 27.4 Å². The van der Waals surface area contributed by atoms with Crippen molar-refractivity contribution in [3.63, 3.8) is 0 Å². The minimum atomic E-state index is 0.469. The summed E-state index contributed by atoms with van der Waals surface area (Å²) in [6.07, 6.45) is 6.27. The molecule has 0 aliphatic heterocycles. The Balaban J connectivity index is 2.49. The van der Waals surface area contributed by atoms with Gasteiger partial charge >= 0.3 is 0 Å². The lowest BCUT2D eigenvalue weighted by molar-refractivity contribution is -0.0261. The molecular formula is C13H24O. The molecule has 14 heavy (non-hydrogen) atoms. The predicted molar refractivity (Wildman–Crippen MR) is 61.3 cm³/mol. The molecule has 0 aromatic rings. The molecule has 0 N–H and O–H groups in total. The first-order valence-electron chi connectivity index (χ1n) is 5.87.